The van der Waals surface area contributed by atoms with Gasteiger partial charge in [0.25, 0.3) is 0 Å². The Hall–Kier alpha value is -1.60. The molecule has 0 bridgehead atoms. The first-order valence-corrected chi connectivity index (χ1v) is 9.12. The molecular weight excluding hydrogens is 312 g/mol. The number of hydrogen-bond acceptors (Lipinski definition) is 5. The smallest absolute Gasteiger partial charge is 0.248 e. The zero-order chi connectivity index (χ0) is 16.0. The number of nitrogens with zero attached hydrogens (tertiary/aromatic N) is 4. The third-order valence-corrected chi connectivity index (χ3v) is 5.83. The van der Waals surface area contributed by atoms with Gasteiger partial charge in [-0.05, 0) is 19.1 Å². The number of carbonyl (C=O) groups is 2. The number of aryl methyl sites for hydroxylation is 1. The first-order chi connectivity index (χ1) is 11.1. The third kappa shape index (κ3) is 2.61. The molecule has 0 radical (unpaired) electrons. The van der Waals surface area contributed by atoms with E-state index in [0.717, 1.165) is 30.2 Å². The van der Waals surface area contributed by atoms with Gasteiger partial charge in [0.15, 0.2) is 0 Å². The van der Waals surface area contributed by atoms with Crippen molar-refractivity contribution in [3.8, 4) is 0 Å². The predicted octanol–water partition coefficient (Wildman–Crippen LogP) is 0.318. The lowest BCUT2D eigenvalue weighted by Crippen LogP contribution is -2.69. The van der Waals surface area contributed by atoms with E-state index in [2.05, 4.69) is 9.88 Å². The molecule has 0 N–H and O–H groups in total. The molecule has 122 valence electrons. The molecule has 1 aromatic heterocycles. The highest BCUT2D eigenvalue weighted by atomic mass is 32.2. The lowest BCUT2D eigenvalue weighted by atomic mass is 10.0. The van der Waals surface area contributed by atoms with E-state index in [4.69, 9.17) is 0 Å². The Morgan fingerprint density at radius 3 is 2.83 bits per heavy atom. The largest absolute Gasteiger partial charge is 0.326 e. The standard InChI is InChI=1S/C16H20N4O2S/c1-11-3-2-4-12(17-11)7-18-5-6-19-13(8-18)15(21)20-10-23-9-14(20)16(19)22/h2-4,13-14H,5-10H2,1H3/t13-,14+/m1/s1. The maximum atomic E-state index is 12.7. The van der Waals surface area contributed by atoms with Crippen LogP contribution in [0.1, 0.15) is 11.4 Å². The molecule has 7 heteroatoms. The molecule has 0 saturated carbocycles. The van der Waals surface area contributed by atoms with Gasteiger partial charge in [-0.25, -0.2) is 0 Å². The molecule has 23 heavy (non-hydrogen) atoms. The number of carbonyl (C=O) groups excluding carboxylic acids is 2. The zero-order valence-corrected chi connectivity index (χ0v) is 14.0. The van der Waals surface area contributed by atoms with Gasteiger partial charge in [0.2, 0.25) is 11.8 Å². The molecule has 0 aliphatic carbocycles. The number of rotatable bonds is 2. The van der Waals surface area contributed by atoms with Crippen molar-refractivity contribution < 1.29 is 9.59 Å². The van der Waals surface area contributed by atoms with E-state index < -0.39 is 0 Å². The SMILES string of the molecule is Cc1cccc(CN2CCN3C(=O)[C@@H]4CSCN4C(=O)[C@H]3C2)n1. The Bertz CT molecular complexity index is 653. The summed E-state index contributed by atoms with van der Waals surface area (Å²) in [5, 5.41) is 0. The van der Waals surface area contributed by atoms with Gasteiger partial charge in [-0.1, -0.05) is 6.07 Å². The van der Waals surface area contributed by atoms with Gasteiger partial charge in [0, 0.05) is 37.6 Å². The maximum Gasteiger partial charge on any atom is 0.248 e. The molecule has 3 saturated heterocycles. The van der Waals surface area contributed by atoms with Crippen LogP contribution in [0.25, 0.3) is 0 Å². The van der Waals surface area contributed by atoms with Crippen molar-refractivity contribution in [2.75, 3.05) is 31.3 Å². The first-order valence-electron chi connectivity index (χ1n) is 7.97. The van der Waals surface area contributed by atoms with Gasteiger partial charge in [-0.3, -0.25) is 19.5 Å². The highest BCUT2D eigenvalue weighted by Gasteiger charge is 2.49. The van der Waals surface area contributed by atoms with Crippen molar-refractivity contribution in [2.24, 2.45) is 0 Å². The first kappa shape index (κ1) is 15.0. The van der Waals surface area contributed by atoms with Crippen LogP contribution < -0.4 is 0 Å². The van der Waals surface area contributed by atoms with E-state index >= 15 is 0 Å². The van der Waals surface area contributed by atoms with Crippen molar-refractivity contribution >= 4 is 23.6 Å². The van der Waals surface area contributed by atoms with E-state index in [1.807, 2.05) is 25.1 Å². The number of thioether (sulfide) groups is 1. The van der Waals surface area contributed by atoms with Crippen LogP contribution in [0.15, 0.2) is 18.2 Å². The molecular formula is C16H20N4O2S. The number of amides is 2. The molecule has 4 heterocycles. The number of aromatic nitrogens is 1. The van der Waals surface area contributed by atoms with Crippen LogP contribution in [0.2, 0.25) is 0 Å². The van der Waals surface area contributed by atoms with Crippen LogP contribution in [-0.2, 0) is 16.1 Å². The molecule has 3 aliphatic heterocycles. The minimum absolute atomic E-state index is 0.113. The maximum absolute atomic E-state index is 12.7. The van der Waals surface area contributed by atoms with Crippen LogP contribution in [0.3, 0.4) is 0 Å². The summed E-state index contributed by atoms with van der Waals surface area (Å²) in [6.45, 7) is 4.75. The van der Waals surface area contributed by atoms with Crippen molar-refractivity contribution in [3.05, 3.63) is 29.6 Å². The normalized spacial score (nSPS) is 28.0. The Morgan fingerprint density at radius 2 is 2.00 bits per heavy atom. The number of piperazine rings is 2. The zero-order valence-electron chi connectivity index (χ0n) is 13.1. The minimum Gasteiger partial charge on any atom is -0.326 e. The molecule has 2 atom stereocenters. The summed E-state index contributed by atoms with van der Waals surface area (Å²) in [5.41, 5.74) is 2.02. The second-order valence-corrected chi connectivity index (χ2v) is 7.38. The summed E-state index contributed by atoms with van der Waals surface area (Å²) in [7, 11) is 0. The molecule has 0 aromatic carbocycles. The molecule has 0 spiro atoms. The Labute approximate surface area is 139 Å². The van der Waals surface area contributed by atoms with Crippen molar-refractivity contribution in [1.29, 1.82) is 0 Å². The molecule has 3 fully saturated rings. The quantitative estimate of drug-likeness (QED) is 0.781. The molecule has 1 aromatic rings. The average molecular weight is 332 g/mol. The molecule has 4 rings (SSSR count). The Morgan fingerprint density at radius 1 is 1.17 bits per heavy atom. The Kier molecular flexibility index (Phi) is 3.77. The van der Waals surface area contributed by atoms with E-state index in [1.54, 1.807) is 21.6 Å². The molecule has 3 aliphatic rings. The van der Waals surface area contributed by atoms with Gasteiger partial charge in [-0.2, -0.15) is 0 Å². The van der Waals surface area contributed by atoms with E-state index in [1.165, 1.54) is 0 Å². The molecule has 6 nitrogen and oxygen atoms in total. The topological polar surface area (TPSA) is 56.8 Å². The highest BCUT2D eigenvalue weighted by Crippen LogP contribution is 2.30. The van der Waals surface area contributed by atoms with Crippen LogP contribution in [-0.4, -0.2) is 74.8 Å². The van der Waals surface area contributed by atoms with Gasteiger partial charge in [0.05, 0.1) is 11.6 Å². The fraction of sp³-hybridized carbons (Fsp3) is 0.562. The summed E-state index contributed by atoms with van der Waals surface area (Å²) >= 11 is 1.67. The number of pyridine rings is 1. The van der Waals surface area contributed by atoms with Crippen LogP contribution in [0, 0.1) is 6.92 Å². The van der Waals surface area contributed by atoms with E-state index in [9.17, 15) is 9.59 Å². The summed E-state index contributed by atoms with van der Waals surface area (Å²) in [6.07, 6.45) is 0. The minimum atomic E-state index is -0.323. The van der Waals surface area contributed by atoms with Gasteiger partial charge in [-0.15, -0.1) is 11.8 Å². The third-order valence-electron chi connectivity index (χ3n) is 4.81. The number of fused-ring (bicyclic) bond motifs is 2. The Balaban J connectivity index is 1.49. The van der Waals surface area contributed by atoms with Crippen molar-refractivity contribution in [1.82, 2.24) is 19.7 Å². The number of hydrogen-bond donors (Lipinski definition) is 0. The summed E-state index contributed by atoms with van der Waals surface area (Å²) in [6, 6.07) is 5.45. The summed E-state index contributed by atoms with van der Waals surface area (Å²) in [4.78, 5) is 35.6. The summed E-state index contributed by atoms with van der Waals surface area (Å²) < 4.78 is 0. The highest BCUT2D eigenvalue weighted by molar-refractivity contribution is 7.99. The fourth-order valence-electron chi connectivity index (χ4n) is 3.62. The van der Waals surface area contributed by atoms with E-state index in [-0.39, 0.29) is 23.9 Å². The lowest BCUT2D eigenvalue weighted by molar-refractivity contribution is -0.162. The monoisotopic (exact) mass is 332 g/mol. The lowest BCUT2D eigenvalue weighted by Gasteiger charge is -2.47. The molecule has 2 amide bonds. The van der Waals surface area contributed by atoms with E-state index in [0.29, 0.717) is 19.0 Å². The molecule has 0 unspecified atom stereocenters. The second kappa shape index (κ2) is 5.79. The van der Waals surface area contributed by atoms with Gasteiger partial charge < -0.3 is 9.80 Å². The van der Waals surface area contributed by atoms with Crippen LogP contribution >= 0.6 is 11.8 Å². The average Bonchev–Trinajstić information content (AvgIpc) is 3.03. The summed E-state index contributed by atoms with van der Waals surface area (Å²) in [5.74, 6) is 1.64. The fourth-order valence-corrected chi connectivity index (χ4v) is 4.78. The van der Waals surface area contributed by atoms with Crippen molar-refractivity contribution in [2.45, 2.75) is 25.6 Å². The predicted molar refractivity (Wildman–Crippen MR) is 87.7 cm³/mol. The second-order valence-electron chi connectivity index (χ2n) is 6.38. The van der Waals surface area contributed by atoms with Crippen LogP contribution in [0.4, 0.5) is 0 Å². The van der Waals surface area contributed by atoms with Crippen molar-refractivity contribution in [3.63, 3.8) is 0 Å². The van der Waals surface area contributed by atoms with Gasteiger partial charge in [0.1, 0.15) is 12.1 Å². The van der Waals surface area contributed by atoms with Crippen LogP contribution in [0.5, 0.6) is 0 Å². The van der Waals surface area contributed by atoms with Gasteiger partial charge >= 0.3 is 0 Å².